The standard InChI is InChI=1S/C7H14F3NO/c1-6(2)5-12-11-4-3-7(8,9)10/h6,11H,3-5H2,1-2H3. The van der Waals surface area contributed by atoms with Gasteiger partial charge in [-0.2, -0.15) is 13.2 Å². The van der Waals surface area contributed by atoms with Crippen molar-refractivity contribution in [1.82, 2.24) is 5.48 Å². The van der Waals surface area contributed by atoms with Gasteiger partial charge in [0.15, 0.2) is 0 Å². The van der Waals surface area contributed by atoms with Gasteiger partial charge in [-0.15, -0.1) is 0 Å². The molecule has 0 aliphatic rings. The Balaban J connectivity index is 3.12. The first-order valence-electron chi connectivity index (χ1n) is 3.83. The maximum Gasteiger partial charge on any atom is 0.390 e. The van der Waals surface area contributed by atoms with E-state index in [-0.39, 0.29) is 6.54 Å². The molecule has 0 saturated heterocycles. The Labute approximate surface area is 70.0 Å². The lowest BCUT2D eigenvalue weighted by molar-refractivity contribution is -0.139. The summed E-state index contributed by atoms with van der Waals surface area (Å²) in [5.74, 6) is 0.323. The van der Waals surface area contributed by atoms with Crippen molar-refractivity contribution in [3.05, 3.63) is 0 Å². The fourth-order valence-corrected chi connectivity index (χ4v) is 0.491. The van der Waals surface area contributed by atoms with Crippen LogP contribution in [0.1, 0.15) is 20.3 Å². The molecule has 0 rings (SSSR count). The number of nitrogens with one attached hydrogen (secondary N) is 1. The molecule has 0 aliphatic carbocycles. The normalized spacial score (nSPS) is 12.5. The minimum absolute atomic E-state index is 0.184. The minimum atomic E-state index is -4.10. The van der Waals surface area contributed by atoms with Crippen molar-refractivity contribution in [2.24, 2.45) is 5.92 Å². The molecule has 0 fully saturated rings. The monoisotopic (exact) mass is 185 g/mol. The van der Waals surface area contributed by atoms with Gasteiger partial charge < -0.3 is 4.84 Å². The van der Waals surface area contributed by atoms with Crippen LogP contribution in [0.25, 0.3) is 0 Å². The van der Waals surface area contributed by atoms with Gasteiger partial charge in [-0.25, -0.2) is 5.48 Å². The smallest absolute Gasteiger partial charge is 0.302 e. The lowest BCUT2D eigenvalue weighted by Crippen LogP contribution is -2.23. The highest BCUT2D eigenvalue weighted by Crippen LogP contribution is 2.17. The van der Waals surface area contributed by atoms with Crippen LogP contribution in [0.2, 0.25) is 0 Å². The lowest BCUT2D eigenvalue weighted by Gasteiger charge is -2.09. The van der Waals surface area contributed by atoms with E-state index in [4.69, 9.17) is 4.84 Å². The van der Waals surface area contributed by atoms with Crippen molar-refractivity contribution in [2.45, 2.75) is 26.4 Å². The maximum atomic E-state index is 11.5. The fourth-order valence-electron chi connectivity index (χ4n) is 0.491. The SMILES string of the molecule is CC(C)CONCCC(F)(F)F. The van der Waals surface area contributed by atoms with Crippen LogP contribution in [0.4, 0.5) is 13.2 Å². The molecular weight excluding hydrogens is 171 g/mol. The molecule has 74 valence electrons. The van der Waals surface area contributed by atoms with Crippen LogP contribution in [0, 0.1) is 5.92 Å². The third kappa shape index (κ3) is 9.71. The molecule has 0 atom stereocenters. The highest BCUT2D eigenvalue weighted by molar-refractivity contribution is 4.49. The minimum Gasteiger partial charge on any atom is -0.302 e. The van der Waals surface area contributed by atoms with Crippen molar-refractivity contribution in [3.63, 3.8) is 0 Å². The highest BCUT2D eigenvalue weighted by atomic mass is 19.4. The predicted molar refractivity (Wildman–Crippen MR) is 39.5 cm³/mol. The number of hydrogen-bond donors (Lipinski definition) is 1. The fraction of sp³-hybridized carbons (Fsp3) is 1.00. The molecule has 0 aromatic heterocycles. The van der Waals surface area contributed by atoms with Gasteiger partial charge in [0, 0.05) is 6.54 Å². The molecule has 12 heavy (non-hydrogen) atoms. The van der Waals surface area contributed by atoms with E-state index in [9.17, 15) is 13.2 Å². The second kappa shape index (κ2) is 5.37. The molecule has 0 spiro atoms. The van der Waals surface area contributed by atoms with E-state index in [0.29, 0.717) is 12.5 Å². The maximum absolute atomic E-state index is 11.5. The van der Waals surface area contributed by atoms with Gasteiger partial charge in [0.1, 0.15) is 0 Å². The Morgan fingerprint density at radius 3 is 2.33 bits per heavy atom. The molecular formula is C7H14F3NO. The number of hydroxylamine groups is 1. The molecule has 0 bridgehead atoms. The molecule has 0 aliphatic heterocycles. The average Bonchev–Trinajstić information content (AvgIpc) is 1.83. The third-order valence-corrected chi connectivity index (χ3v) is 1.03. The van der Waals surface area contributed by atoms with E-state index in [1.807, 2.05) is 13.8 Å². The van der Waals surface area contributed by atoms with E-state index in [2.05, 4.69) is 5.48 Å². The number of halogens is 3. The zero-order valence-corrected chi connectivity index (χ0v) is 7.24. The first-order valence-corrected chi connectivity index (χ1v) is 3.83. The van der Waals surface area contributed by atoms with E-state index in [1.54, 1.807) is 0 Å². The first-order chi connectivity index (χ1) is 5.42. The summed E-state index contributed by atoms with van der Waals surface area (Å²) in [6.07, 6.45) is -4.96. The predicted octanol–water partition coefficient (Wildman–Crippen LogP) is 2.12. The van der Waals surface area contributed by atoms with E-state index >= 15 is 0 Å². The topological polar surface area (TPSA) is 21.3 Å². The lowest BCUT2D eigenvalue weighted by atomic mass is 10.2. The van der Waals surface area contributed by atoms with Crippen LogP contribution in [0.3, 0.4) is 0 Å². The van der Waals surface area contributed by atoms with Crippen molar-refractivity contribution in [1.29, 1.82) is 0 Å². The summed E-state index contributed by atoms with van der Waals surface area (Å²) in [5, 5.41) is 0. The van der Waals surface area contributed by atoms with Crippen molar-refractivity contribution >= 4 is 0 Å². The molecule has 0 unspecified atom stereocenters. The molecule has 0 saturated carbocycles. The summed E-state index contributed by atoms with van der Waals surface area (Å²) in [6.45, 7) is 4.09. The number of alkyl halides is 3. The van der Waals surface area contributed by atoms with Crippen LogP contribution in [-0.4, -0.2) is 19.3 Å². The van der Waals surface area contributed by atoms with Crippen molar-refractivity contribution in [3.8, 4) is 0 Å². The van der Waals surface area contributed by atoms with Crippen LogP contribution >= 0.6 is 0 Å². The van der Waals surface area contributed by atoms with Gasteiger partial charge >= 0.3 is 6.18 Å². The van der Waals surface area contributed by atoms with Crippen LogP contribution in [-0.2, 0) is 4.84 Å². The first kappa shape index (κ1) is 11.7. The molecule has 0 aromatic carbocycles. The van der Waals surface area contributed by atoms with Gasteiger partial charge in [0.25, 0.3) is 0 Å². The Morgan fingerprint density at radius 2 is 1.92 bits per heavy atom. The number of hydrogen-bond acceptors (Lipinski definition) is 2. The van der Waals surface area contributed by atoms with Crippen LogP contribution in [0.15, 0.2) is 0 Å². The summed E-state index contributed by atoms with van der Waals surface area (Å²) in [6, 6.07) is 0. The average molecular weight is 185 g/mol. The Hall–Kier alpha value is -0.290. The highest BCUT2D eigenvalue weighted by Gasteiger charge is 2.25. The molecule has 2 nitrogen and oxygen atoms in total. The summed E-state index contributed by atoms with van der Waals surface area (Å²) >= 11 is 0. The zero-order chi connectivity index (χ0) is 9.61. The second-order valence-corrected chi connectivity index (χ2v) is 2.96. The van der Waals surface area contributed by atoms with Gasteiger partial charge in [0.05, 0.1) is 13.0 Å². The third-order valence-electron chi connectivity index (χ3n) is 1.03. The summed E-state index contributed by atoms with van der Waals surface area (Å²) in [7, 11) is 0. The number of rotatable bonds is 5. The molecule has 0 heterocycles. The summed E-state index contributed by atoms with van der Waals surface area (Å²) in [5.41, 5.74) is 2.25. The largest absolute Gasteiger partial charge is 0.390 e. The van der Waals surface area contributed by atoms with Crippen molar-refractivity contribution < 1.29 is 18.0 Å². The van der Waals surface area contributed by atoms with Crippen LogP contribution < -0.4 is 5.48 Å². The molecule has 0 aromatic rings. The van der Waals surface area contributed by atoms with Gasteiger partial charge in [0.2, 0.25) is 0 Å². The summed E-state index contributed by atoms with van der Waals surface area (Å²) < 4.78 is 34.6. The Kier molecular flexibility index (Phi) is 5.24. The van der Waals surface area contributed by atoms with E-state index in [1.165, 1.54) is 0 Å². The molecule has 0 radical (unpaired) electrons. The van der Waals surface area contributed by atoms with Crippen LogP contribution in [0.5, 0.6) is 0 Å². The van der Waals surface area contributed by atoms with Crippen molar-refractivity contribution in [2.75, 3.05) is 13.2 Å². The summed E-state index contributed by atoms with van der Waals surface area (Å²) in [4.78, 5) is 4.74. The second-order valence-electron chi connectivity index (χ2n) is 2.96. The Morgan fingerprint density at radius 1 is 1.33 bits per heavy atom. The van der Waals surface area contributed by atoms with Gasteiger partial charge in [-0.1, -0.05) is 13.8 Å². The van der Waals surface area contributed by atoms with Gasteiger partial charge in [-0.3, -0.25) is 0 Å². The molecule has 5 heteroatoms. The van der Waals surface area contributed by atoms with E-state index < -0.39 is 12.6 Å². The molecule has 1 N–H and O–H groups in total. The van der Waals surface area contributed by atoms with E-state index in [0.717, 1.165) is 0 Å². The van der Waals surface area contributed by atoms with Gasteiger partial charge in [-0.05, 0) is 5.92 Å². The Bertz CT molecular complexity index is 114. The quantitative estimate of drug-likeness (QED) is 0.523. The zero-order valence-electron chi connectivity index (χ0n) is 7.24. The molecule has 0 amide bonds.